The van der Waals surface area contributed by atoms with Gasteiger partial charge in [0.15, 0.2) is 0 Å². The van der Waals surface area contributed by atoms with Gasteiger partial charge in [-0.3, -0.25) is 0 Å². The third-order valence-corrected chi connectivity index (χ3v) is 2.63. The van der Waals surface area contributed by atoms with Gasteiger partial charge in [0.2, 0.25) is 0 Å². The molecule has 5 heteroatoms. The van der Waals surface area contributed by atoms with Gasteiger partial charge in [-0.05, 0) is 24.6 Å². The Kier molecular flexibility index (Phi) is 6.40. The first-order chi connectivity index (χ1) is 8.17. The fourth-order valence-corrected chi connectivity index (χ4v) is 1.77. The monoisotopic (exact) mass is 263 g/mol. The number of methoxy groups -OCH3 is 1. The first kappa shape index (κ1) is 14.4. The summed E-state index contributed by atoms with van der Waals surface area (Å²) in [6.07, 6.45) is 0.715. The highest BCUT2D eigenvalue weighted by atomic mass is 35.5. The molecule has 0 radical (unpaired) electrons. The van der Waals surface area contributed by atoms with Crippen molar-refractivity contribution in [2.24, 2.45) is 0 Å². The molecule has 1 rings (SSSR count). The van der Waals surface area contributed by atoms with E-state index in [9.17, 15) is 8.78 Å². The molecule has 1 aromatic carbocycles. The summed E-state index contributed by atoms with van der Waals surface area (Å²) in [7, 11) is 1.59. The predicted octanol–water partition coefficient (Wildman–Crippen LogP) is 2.70. The second-order valence-corrected chi connectivity index (χ2v) is 4.12. The number of halogens is 3. The zero-order valence-corrected chi connectivity index (χ0v) is 10.4. The van der Waals surface area contributed by atoms with Gasteiger partial charge in [0.05, 0.1) is 6.61 Å². The van der Waals surface area contributed by atoms with E-state index in [0.29, 0.717) is 24.5 Å². The third kappa shape index (κ3) is 4.98. The van der Waals surface area contributed by atoms with Crippen LogP contribution in [0.2, 0.25) is 0 Å². The Morgan fingerprint density at radius 2 is 2.18 bits per heavy atom. The van der Waals surface area contributed by atoms with E-state index < -0.39 is 11.6 Å². The van der Waals surface area contributed by atoms with Crippen molar-refractivity contribution in [2.75, 3.05) is 19.6 Å². The van der Waals surface area contributed by atoms with Crippen LogP contribution in [-0.4, -0.2) is 25.6 Å². The fourth-order valence-electron chi connectivity index (χ4n) is 1.51. The Labute approximate surface area is 105 Å². The van der Waals surface area contributed by atoms with Crippen molar-refractivity contribution in [1.29, 1.82) is 0 Å². The van der Waals surface area contributed by atoms with Gasteiger partial charge in [0.1, 0.15) is 11.6 Å². The SMILES string of the molecule is COCC(CCCl)NCc1cc(F)ccc1F. The van der Waals surface area contributed by atoms with Gasteiger partial charge in [0, 0.05) is 31.1 Å². The number of hydrogen-bond donors (Lipinski definition) is 1. The summed E-state index contributed by atoms with van der Waals surface area (Å²) in [4.78, 5) is 0. The molecule has 1 unspecified atom stereocenters. The highest BCUT2D eigenvalue weighted by Gasteiger charge is 2.09. The number of rotatable bonds is 7. The normalized spacial score (nSPS) is 12.7. The van der Waals surface area contributed by atoms with E-state index in [2.05, 4.69) is 5.32 Å². The lowest BCUT2D eigenvalue weighted by Crippen LogP contribution is -2.33. The molecule has 0 aliphatic rings. The molecule has 0 spiro atoms. The summed E-state index contributed by atoms with van der Waals surface area (Å²) in [5, 5.41) is 3.09. The van der Waals surface area contributed by atoms with E-state index >= 15 is 0 Å². The van der Waals surface area contributed by atoms with Crippen LogP contribution in [0.5, 0.6) is 0 Å². The lowest BCUT2D eigenvalue weighted by molar-refractivity contribution is 0.164. The fraction of sp³-hybridized carbons (Fsp3) is 0.500. The first-order valence-electron chi connectivity index (χ1n) is 5.39. The maximum atomic E-state index is 13.3. The zero-order valence-electron chi connectivity index (χ0n) is 9.68. The van der Waals surface area contributed by atoms with Gasteiger partial charge in [-0.1, -0.05) is 0 Å². The van der Waals surface area contributed by atoms with Crippen molar-refractivity contribution in [3.8, 4) is 0 Å². The van der Waals surface area contributed by atoms with Crippen LogP contribution in [0.3, 0.4) is 0 Å². The van der Waals surface area contributed by atoms with E-state index in [4.69, 9.17) is 16.3 Å². The lowest BCUT2D eigenvalue weighted by Gasteiger charge is -2.17. The van der Waals surface area contributed by atoms with Gasteiger partial charge < -0.3 is 10.1 Å². The molecule has 1 aromatic rings. The largest absolute Gasteiger partial charge is 0.383 e. The molecule has 1 N–H and O–H groups in total. The number of hydrogen-bond acceptors (Lipinski definition) is 2. The van der Waals surface area contributed by atoms with Gasteiger partial charge in [-0.15, -0.1) is 11.6 Å². The van der Waals surface area contributed by atoms with Crippen LogP contribution in [0, 0.1) is 11.6 Å². The Balaban J connectivity index is 2.55. The van der Waals surface area contributed by atoms with Gasteiger partial charge in [-0.2, -0.15) is 0 Å². The van der Waals surface area contributed by atoms with Gasteiger partial charge >= 0.3 is 0 Å². The summed E-state index contributed by atoms with van der Waals surface area (Å²) in [5.74, 6) is -0.364. The standard InChI is InChI=1S/C12H16ClF2NO/c1-17-8-11(4-5-13)16-7-9-6-10(14)2-3-12(9)15/h2-3,6,11,16H,4-5,7-8H2,1H3. The molecule has 0 heterocycles. The molecular weight excluding hydrogens is 248 g/mol. The Bertz CT molecular complexity index is 343. The minimum Gasteiger partial charge on any atom is -0.383 e. The molecule has 0 aliphatic heterocycles. The lowest BCUT2D eigenvalue weighted by atomic mass is 10.1. The Hall–Kier alpha value is -0.710. The molecule has 0 saturated heterocycles. The third-order valence-electron chi connectivity index (χ3n) is 2.41. The minimum atomic E-state index is -0.441. The van der Waals surface area contributed by atoms with Crippen molar-refractivity contribution in [2.45, 2.75) is 19.0 Å². The molecule has 96 valence electrons. The maximum Gasteiger partial charge on any atom is 0.127 e. The van der Waals surface area contributed by atoms with Crippen LogP contribution in [-0.2, 0) is 11.3 Å². The van der Waals surface area contributed by atoms with Crippen LogP contribution in [0.4, 0.5) is 8.78 Å². The van der Waals surface area contributed by atoms with E-state index in [-0.39, 0.29) is 12.6 Å². The zero-order chi connectivity index (χ0) is 12.7. The second kappa shape index (κ2) is 7.58. The van der Waals surface area contributed by atoms with Crippen molar-refractivity contribution < 1.29 is 13.5 Å². The number of nitrogens with one attached hydrogen (secondary N) is 1. The summed E-state index contributed by atoms with van der Waals surface area (Å²) < 4.78 is 31.3. The Morgan fingerprint density at radius 1 is 1.41 bits per heavy atom. The van der Waals surface area contributed by atoms with Crippen molar-refractivity contribution in [3.05, 3.63) is 35.4 Å². The summed E-state index contributed by atoms with van der Waals surface area (Å²) in [5.41, 5.74) is 0.306. The average molecular weight is 264 g/mol. The molecule has 1 atom stereocenters. The molecule has 0 aliphatic carbocycles. The van der Waals surface area contributed by atoms with Crippen LogP contribution in [0.15, 0.2) is 18.2 Å². The number of ether oxygens (including phenoxy) is 1. The van der Waals surface area contributed by atoms with Crippen LogP contribution < -0.4 is 5.32 Å². The van der Waals surface area contributed by atoms with Crippen molar-refractivity contribution >= 4 is 11.6 Å². The second-order valence-electron chi connectivity index (χ2n) is 3.75. The van der Waals surface area contributed by atoms with E-state index in [0.717, 1.165) is 12.1 Å². The molecule has 0 saturated carbocycles. The smallest absolute Gasteiger partial charge is 0.127 e. The molecule has 0 fully saturated rings. The minimum absolute atomic E-state index is 0.0418. The van der Waals surface area contributed by atoms with Gasteiger partial charge in [0.25, 0.3) is 0 Å². The van der Waals surface area contributed by atoms with Crippen LogP contribution in [0.25, 0.3) is 0 Å². The summed E-state index contributed by atoms with van der Waals surface area (Å²) >= 11 is 5.64. The Morgan fingerprint density at radius 3 is 2.82 bits per heavy atom. The summed E-state index contributed by atoms with van der Waals surface area (Å²) in [6.45, 7) is 0.748. The molecule has 0 bridgehead atoms. The quantitative estimate of drug-likeness (QED) is 0.764. The van der Waals surface area contributed by atoms with Crippen molar-refractivity contribution in [1.82, 2.24) is 5.32 Å². The van der Waals surface area contributed by atoms with E-state index in [1.807, 2.05) is 0 Å². The molecular formula is C12H16ClF2NO. The highest BCUT2D eigenvalue weighted by Crippen LogP contribution is 2.10. The number of alkyl halides is 1. The topological polar surface area (TPSA) is 21.3 Å². The highest BCUT2D eigenvalue weighted by molar-refractivity contribution is 6.17. The van der Waals surface area contributed by atoms with Crippen LogP contribution >= 0.6 is 11.6 Å². The average Bonchev–Trinajstić information content (AvgIpc) is 2.30. The van der Waals surface area contributed by atoms with E-state index in [1.165, 1.54) is 6.07 Å². The van der Waals surface area contributed by atoms with Gasteiger partial charge in [-0.25, -0.2) is 8.78 Å². The number of benzene rings is 1. The predicted molar refractivity (Wildman–Crippen MR) is 64.2 cm³/mol. The van der Waals surface area contributed by atoms with E-state index in [1.54, 1.807) is 7.11 Å². The van der Waals surface area contributed by atoms with Crippen molar-refractivity contribution in [3.63, 3.8) is 0 Å². The molecule has 0 amide bonds. The molecule has 2 nitrogen and oxygen atoms in total. The summed E-state index contributed by atoms with van der Waals surface area (Å²) in [6, 6.07) is 3.45. The van der Waals surface area contributed by atoms with Crippen LogP contribution in [0.1, 0.15) is 12.0 Å². The first-order valence-corrected chi connectivity index (χ1v) is 5.93. The molecule has 0 aromatic heterocycles. The maximum absolute atomic E-state index is 13.3. The molecule has 17 heavy (non-hydrogen) atoms.